The van der Waals surface area contributed by atoms with Crippen molar-refractivity contribution in [3.63, 3.8) is 0 Å². The maximum Gasteiger partial charge on any atom is 0.356 e. The first kappa shape index (κ1) is 14.6. The Morgan fingerprint density at radius 1 is 1.36 bits per heavy atom. The fourth-order valence-corrected chi connectivity index (χ4v) is 2.87. The number of hydrogen-bond donors (Lipinski definition) is 1. The van der Waals surface area contributed by atoms with Gasteiger partial charge in [0.25, 0.3) is 0 Å². The number of benzene rings is 1. The van der Waals surface area contributed by atoms with Crippen LogP contribution in [-0.4, -0.2) is 38.2 Å². The molecule has 0 unspecified atom stereocenters. The molecule has 0 radical (unpaired) electrons. The summed E-state index contributed by atoms with van der Waals surface area (Å²) in [5.74, 6) is -1.17. The van der Waals surface area contributed by atoms with Gasteiger partial charge in [0.05, 0.1) is 11.4 Å². The Balaban J connectivity index is 2.13. The van der Waals surface area contributed by atoms with E-state index >= 15 is 0 Å². The first-order valence-corrected chi connectivity index (χ1v) is 7.20. The Kier molecular flexibility index (Phi) is 3.62. The SMILES string of the molecule is CC(=O)N1CCc2c(c(C(=O)O)nn2-c2cccc(Cl)c2)C1. The molecule has 0 aliphatic carbocycles. The minimum atomic E-state index is -1.09. The summed E-state index contributed by atoms with van der Waals surface area (Å²) in [6.07, 6.45) is 0.557. The Morgan fingerprint density at radius 2 is 2.14 bits per heavy atom. The normalized spacial score (nSPS) is 13.8. The summed E-state index contributed by atoms with van der Waals surface area (Å²) in [4.78, 5) is 24.6. The summed E-state index contributed by atoms with van der Waals surface area (Å²) < 4.78 is 1.61. The Morgan fingerprint density at radius 3 is 2.77 bits per heavy atom. The smallest absolute Gasteiger partial charge is 0.356 e. The Labute approximate surface area is 131 Å². The van der Waals surface area contributed by atoms with E-state index in [4.69, 9.17) is 11.6 Å². The Hall–Kier alpha value is -2.34. The van der Waals surface area contributed by atoms with Crippen LogP contribution in [-0.2, 0) is 17.8 Å². The largest absolute Gasteiger partial charge is 0.476 e. The van der Waals surface area contributed by atoms with Gasteiger partial charge in [0.2, 0.25) is 5.91 Å². The fraction of sp³-hybridized carbons (Fsp3) is 0.267. The highest BCUT2D eigenvalue weighted by Gasteiger charge is 2.29. The summed E-state index contributed by atoms with van der Waals surface area (Å²) in [6.45, 7) is 2.30. The summed E-state index contributed by atoms with van der Waals surface area (Å²) in [5, 5.41) is 14.1. The molecule has 114 valence electrons. The molecule has 1 aliphatic heterocycles. The van der Waals surface area contributed by atoms with Crippen molar-refractivity contribution in [2.45, 2.75) is 19.9 Å². The number of aromatic carboxylic acids is 1. The average molecular weight is 320 g/mol. The molecule has 1 amide bonds. The van der Waals surface area contributed by atoms with Gasteiger partial charge in [-0.3, -0.25) is 4.79 Å². The molecule has 1 aromatic carbocycles. The second kappa shape index (κ2) is 5.46. The van der Waals surface area contributed by atoms with Crippen LogP contribution in [0.4, 0.5) is 0 Å². The quantitative estimate of drug-likeness (QED) is 0.920. The summed E-state index contributed by atoms with van der Waals surface area (Å²) in [7, 11) is 0. The summed E-state index contributed by atoms with van der Waals surface area (Å²) in [5.41, 5.74) is 2.11. The number of fused-ring (bicyclic) bond motifs is 1. The third kappa shape index (κ3) is 2.46. The lowest BCUT2D eigenvalue weighted by atomic mass is 10.0. The molecule has 6 nitrogen and oxygen atoms in total. The van der Waals surface area contributed by atoms with Gasteiger partial charge in [0.1, 0.15) is 0 Å². The minimum Gasteiger partial charge on any atom is -0.476 e. The van der Waals surface area contributed by atoms with Crippen LogP contribution in [0, 0.1) is 0 Å². The van der Waals surface area contributed by atoms with Gasteiger partial charge in [-0.05, 0) is 18.2 Å². The van der Waals surface area contributed by atoms with E-state index in [1.165, 1.54) is 6.92 Å². The molecule has 2 heterocycles. The van der Waals surface area contributed by atoms with Crippen LogP contribution in [0.25, 0.3) is 5.69 Å². The molecule has 1 N–H and O–H groups in total. The van der Waals surface area contributed by atoms with Gasteiger partial charge in [0.15, 0.2) is 5.69 Å². The van der Waals surface area contributed by atoms with Crippen molar-refractivity contribution in [1.82, 2.24) is 14.7 Å². The van der Waals surface area contributed by atoms with Crippen molar-refractivity contribution < 1.29 is 14.7 Å². The molecule has 22 heavy (non-hydrogen) atoms. The second-order valence-corrected chi connectivity index (χ2v) is 5.60. The first-order chi connectivity index (χ1) is 10.5. The third-order valence-electron chi connectivity index (χ3n) is 3.76. The molecule has 2 aromatic rings. The maximum atomic E-state index is 11.5. The number of aromatic nitrogens is 2. The van der Waals surface area contributed by atoms with Crippen molar-refractivity contribution in [2.24, 2.45) is 0 Å². The zero-order valence-electron chi connectivity index (χ0n) is 11.9. The lowest BCUT2D eigenvalue weighted by Gasteiger charge is -2.26. The van der Waals surface area contributed by atoms with Crippen molar-refractivity contribution in [3.05, 3.63) is 46.2 Å². The van der Waals surface area contributed by atoms with Crippen LogP contribution in [0.3, 0.4) is 0 Å². The number of halogens is 1. The second-order valence-electron chi connectivity index (χ2n) is 5.16. The van der Waals surface area contributed by atoms with Gasteiger partial charge in [-0.25, -0.2) is 9.48 Å². The zero-order valence-corrected chi connectivity index (χ0v) is 12.7. The van der Waals surface area contributed by atoms with Crippen molar-refractivity contribution in [2.75, 3.05) is 6.54 Å². The number of hydrogen-bond acceptors (Lipinski definition) is 3. The van der Waals surface area contributed by atoms with Crippen molar-refractivity contribution >= 4 is 23.5 Å². The molecular weight excluding hydrogens is 306 g/mol. The van der Waals surface area contributed by atoms with Crippen LogP contribution < -0.4 is 0 Å². The van der Waals surface area contributed by atoms with E-state index in [0.717, 1.165) is 5.69 Å². The van der Waals surface area contributed by atoms with Gasteiger partial charge in [-0.1, -0.05) is 17.7 Å². The maximum absolute atomic E-state index is 11.5. The van der Waals surface area contributed by atoms with E-state index < -0.39 is 5.97 Å². The predicted molar refractivity (Wildman–Crippen MR) is 80.3 cm³/mol. The molecule has 7 heteroatoms. The van der Waals surface area contributed by atoms with Crippen LogP contribution in [0.1, 0.15) is 28.7 Å². The molecule has 0 fully saturated rings. The molecule has 1 aromatic heterocycles. The van der Waals surface area contributed by atoms with Crippen LogP contribution in [0.15, 0.2) is 24.3 Å². The van der Waals surface area contributed by atoms with Gasteiger partial charge < -0.3 is 10.0 Å². The molecule has 0 atom stereocenters. The summed E-state index contributed by atoms with van der Waals surface area (Å²) >= 11 is 6.00. The number of amides is 1. The Bertz CT molecular complexity index is 769. The lowest BCUT2D eigenvalue weighted by Crippen LogP contribution is -2.35. The third-order valence-corrected chi connectivity index (χ3v) is 3.99. The van der Waals surface area contributed by atoms with Gasteiger partial charge in [-0.15, -0.1) is 0 Å². The van der Waals surface area contributed by atoms with E-state index in [1.54, 1.807) is 27.8 Å². The summed E-state index contributed by atoms with van der Waals surface area (Å²) in [6, 6.07) is 7.09. The van der Waals surface area contributed by atoms with E-state index in [0.29, 0.717) is 29.2 Å². The molecule has 0 saturated heterocycles. The standard InChI is InChI=1S/C15H14ClN3O3/c1-9(20)18-6-5-13-12(8-18)14(15(21)22)17-19(13)11-4-2-3-10(16)7-11/h2-4,7H,5-6,8H2,1H3,(H,21,22). The zero-order chi connectivity index (χ0) is 15.9. The monoisotopic (exact) mass is 319 g/mol. The first-order valence-electron chi connectivity index (χ1n) is 6.83. The van der Waals surface area contributed by atoms with E-state index in [2.05, 4.69) is 5.10 Å². The average Bonchev–Trinajstić information content (AvgIpc) is 2.86. The number of carboxylic acids is 1. The van der Waals surface area contributed by atoms with Gasteiger partial charge >= 0.3 is 5.97 Å². The van der Waals surface area contributed by atoms with E-state index in [1.807, 2.05) is 6.07 Å². The molecule has 0 bridgehead atoms. The molecule has 0 spiro atoms. The number of carbonyl (C=O) groups excluding carboxylic acids is 1. The van der Waals surface area contributed by atoms with Crippen LogP contribution in [0.5, 0.6) is 0 Å². The fourth-order valence-electron chi connectivity index (χ4n) is 2.68. The topological polar surface area (TPSA) is 75.4 Å². The van der Waals surface area contributed by atoms with E-state index in [9.17, 15) is 14.7 Å². The minimum absolute atomic E-state index is 0.0130. The van der Waals surface area contributed by atoms with E-state index in [-0.39, 0.29) is 18.1 Å². The number of carboxylic acid groups (broad SMARTS) is 1. The van der Waals surface area contributed by atoms with Crippen molar-refractivity contribution in [3.8, 4) is 5.69 Å². The molecule has 0 saturated carbocycles. The predicted octanol–water partition coefficient (Wildman–Crippen LogP) is 2.13. The van der Waals surface area contributed by atoms with Crippen LogP contribution >= 0.6 is 11.6 Å². The number of nitrogens with zero attached hydrogens (tertiary/aromatic N) is 3. The van der Waals surface area contributed by atoms with Crippen LogP contribution in [0.2, 0.25) is 5.02 Å². The molecule has 3 rings (SSSR count). The highest BCUT2D eigenvalue weighted by Crippen LogP contribution is 2.26. The highest BCUT2D eigenvalue weighted by atomic mass is 35.5. The lowest BCUT2D eigenvalue weighted by molar-refractivity contribution is -0.129. The van der Waals surface area contributed by atoms with Gasteiger partial charge in [0, 0.05) is 37.0 Å². The van der Waals surface area contributed by atoms with Gasteiger partial charge in [-0.2, -0.15) is 5.10 Å². The van der Waals surface area contributed by atoms with Crippen molar-refractivity contribution in [1.29, 1.82) is 0 Å². The highest BCUT2D eigenvalue weighted by molar-refractivity contribution is 6.30. The molecular formula is C15H14ClN3O3. The molecule has 1 aliphatic rings. The number of carbonyl (C=O) groups is 2. The number of rotatable bonds is 2.